The topological polar surface area (TPSA) is 17.8 Å². The molecule has 0 bridgehead atoms. The van der Waals surface area contributed by atoms with Crippen LogP contribution in [0.15, 0.2) is 11.1 Å². The molecular weight excluding hydrogens is 192 g/mol. The van der Waals surface area contributed by atoms with Crippen molar-refractivity contribution in [3.8, 4) is 0 Å². The molecule has 1 aromatic rings. The highest BCUT2D eigenvalue weighted by molar-refractivity contribution is 8.00. The maximum Gasteiger partial charge on any atom is 0.119 e. The molecule has 1 aromatic heterocycles. The van der Waals surface area contributed by atoms with Crippen LogP contribution in [0.5, 0.6) is 0 Å². The van der Waals surface area contributed by atoms with E-state index in [1.165, 1.54) is 23.6 Å². The largest absolute Gasteiger partial charge is 0.271 e. The van der Waals surface area contributed by atoms with Gasteiger partial charge in [0, 0.05) is 23.4 Å². The van der Waals surface area contributed by atoms with E-state index < -0.39 is 0 Å². The number of rotatable bonds is 2. The molecule has 1 fully saturated rings. The van der Waals surface area contributed by atoms with E-state index in [1.807, 2.05) is 23.5 Å². The van der Waals surface area contributed by atoms with E-state index in [4.69, 9.17) is 0 Å². The Bertz CT molecular complexity index is 332. The highest BCUT2D eigenvalue weighted by atomic mass is 32.2. The molecule has 0 radical (unpaired) electrons. The Balaban J connectivity index is 2.19. The second-order valence-corrected chi connectivity index (χ2v) is 6.38. The third kappa shape index (κ3) is 2.14. The fourth-order valence-electron chi connectivity index (χ4n) is 1.56. The Morgan fingerprint density at radius 3 is 2.50 bits per heavy atom. The first kappa shape index (κ1) is 10.1. The lowest BCUT2D eigenvalue weighted by Gasteiger charge is -2.17. The molecule has 0 saturated heterocycles. The summed E-state index contributed by atoms with van der Waals surface area (Å²) in [5, 5.41) is 6.58. The molecule has 78 valence electrons. The summed E-state index contributed by atoms with van der Waals surface area (Å²) in [6.45, 7) is 6.70. The predicted molar refractivity (Wildman–Crippen MR) is 60.8 cm³/mol. The lowest BCUT2D eigenvalue weighted by atomic mass is 9.92. The summed E-state index contributed by atoms with van der Waals surface area (Å²) in [7, 11) is 2.04. The first-order valence-electron chi connectivity index (χ1n) is 5.18. The van der Waals surface area contributed by atoms with Gasteiger partial charge in [0.15, 0.2) is 0 Å². The average Bonchev–Trinajstić information content (AvgIpc) is 2.73. The molecule has 2 rings (SSSR count). The van der Waals surface area contributed by atoms with E-state index in [0.717, 1.165) is 5.25 Å². The van der Waals surface area contributed by atoms with Gasteiger partial charge in [-0.05, 0) is 18.9 Å². The average molecular weight is 210 g/mol. The molecular formula is C11H18N2S. The van der Waals surface area contributed by atoms with Crippen LogP contribution in [0, 0.1) is 0 Å². The summed E-state index contributed by atoms with van der Waals surface area (Å²) in [5.41, 5.74) is 1.52. The van der Waals surface area contributed by atoms with Gasteiger partial charge in [-0.2, -0.15) is 5.10 Å². The number of nitrogens with zero attached hydrogens (tertiary/aromatic N) is 2. The molecule has 0 unspecified atom stereocenters. The number of aryl methyl sites for hydroxylation is 1. The van der Waals surface area contributed by atoms with E-state index in [0.29, 0.717) is 0 Å². The van der Waals surface area contributed by atoms with Crippen LogP contribution in [0.2, 0.25) is 0 Å². The summed E-state index contributed by atoms with van der Waals surface area (Å²) < 4.78 is 2.02. The first-order chi connectivity index (χ1) is 6.47. The van der Waals surface area contributed by atoms with Gasteiger partial charge >= 0.3 is 0 Å². The van der Waals surface area contributed by atoms with Gasteiger partial charge in [-0.25, -0.2) is 0 Å². The molecule has 1 aliphatic rings. The Labute approximate surface area is 90.1 Å². The van der Waals surface area contributed by atoms with Crippen molar-refractivity contribution in [1.29, 1.82) is 0 Å². The minimum absolute atomic E-state index is 0.199. The van der Waals surface area contributed by atoms with Crippen molar-refractivity contribution in [2.24, 2.45) is 7.05 Å². The van der Waals surface area contributed by atoms with Crippen molar-refractivity contribution in [3.63, 3.8) is 0 Å². The zero-order valence-electron chi connectivity index (χ0n) is 9.37. The highest BCUT2D eigenvalue weighted by Crippen LogP contribution is 2.39. The second kappa shape index (κ2) is 3.30. The Morgan fingerprint density at radius 1 is 1.43 bits per heavy atom. The van der Waals surface area contributed by atoms with Gasteiger partial charge in [0.25, 0.3) is 0 Å². The Morgan fingerprint density at radius 2 is 2.07 bits per heavy atom. The molecule has 0 atom stereocenters. The van der Waals surface area contributed by atoms with Crippen molar-refractivity contribution in [2.45, 2.75) is 49.3 Å². The number of thioether (sulfide) groups is 1. The minimum atomic E-state index is 0.199. The van der Waals surface area contributed by atoms with Crippen molar-refractivity contribution in [3.05, 3.63) is 11.8 Å². The maximum atomic E-state index is 4.54. The SMILES string of the molecule is Cn1nc(SC2CC2)cc1C(C)(C)C. The lowest BCUT2D eigenvalue weighted by Crippen LogP contribution is -2.16. The standard InChI is InChI=1S/C11H18N2S/c1-11(2,3)9-7-10(12-13(9)4)14-8-5-6-8/h7-8H,5-6H2,1-4H3. The molecule has 1 saturated carbocycles. The van der Waals surface area contributed by atoms with Gasteiger partial charge in [0.2, 0.25) is 0 Å². The quantitative estimate of drug-likeness (QED) is 0.747. The molecule has 0 N–H and O–H groups in total. The predicted octanol–water partition coefficient (Wildman–Crippen LogP) is 2.97. The first-order valence-corrected chi connectivity index (χ1v) is 6.06. The normalized spacial score (nSPS) is 17.4. The zero-order chi connectivity index (χ0) is 10.3. The smallest absolute Gasteiger partial charge is 0.119 e. The van der Waals surface area contributed by atoms with Crippen LogP contribution in [0.3, 0.4) is 0 Å². The van der Waals surface area contributed by atoms with Gasteiger partial charge in [-0.15, -0.1) is 11.8 Å². The molecule has 3 heteroatoms. The van der Waals surface area contributed by atoms with E-state index >= 15 is 0 Å². The second-order valence-electron chi connectivity index (χ2n) is 5.06. The molecule has 0 aliphatic heterocycles. The van der Waals surface area contributed by atoms with Crippen molar-refractivity contribution >= 4 is 11.8 Å². The van der Waals surface area contributed by atoms with E-state index in [1.54, 1.807) is 0 Å². The molecule has 0 spiro atoms. The van der Waals surface area contributed by atoms with Crippen molar-refractivity contribution in [1.82, 2.24) is 9.78 Å². The number of aromatic nitrogens is 2. The van der Waals surface area contributed by atoms with Gasteiger partial charge in [-0.1, -0.05) is 20.8 Å². The zero-order valence-corrected chi connectivity index (χ0v) is 10.2. The van der Waals surface area contributed by atoms with Crippen LogP contribution >= 0.6 is 11.8 Å². The molecule has 14 heavy (non-hydrogen) atoms. The fraction of sp³-hybridized carbons (Fsp3) is 0.727. The van der Waals surface area contributed by atoms with Gasteiger partial charge < -0.3 is 0 Å². The van der Waals surface area contributed by atoms with Crippen LogP contribution in [-0.4, -0.2) is 15.0 Å². The molecule has 2 nitrogen and oxygen atoms in total. The molecule has 1 aliphatic carbocycles. The lowest BCUT2D eigenvalue weighted by molar-refractivity contribution is 0.521. The van der Waals surface area contributed by atoms with Crippen molar-refractivity contribution in [2.75, 3.05) is 0 Å². The van der Waals surface area contributed by atoms with Gasteiger partial charge in [0.1, 0.15) is 5.03 Å². The number of hydrogen-bond acceptors (Lipinski definition) is 2. The third-order valence-electron chi connectivity index (χ3n) is 2.44. The summed E-state index contributed by atoms with van der Waals surface area (Å²) in [6, 6.07) is 2.24. The summed E-state index contributed by atoms with van der Waals surface area (Å²) >= 11 is 1.93. The molecule has 0 amide bonds. The van der Waals surface area contributed by atoms with Gasteiger partial charge in [0.05, 0.1) is 0 Å². The number of hydrogen-bond donors (Lipinski definition) is 0. The van der Waals surface area contributed by atoms with Crippen LogP contribution in [-0.2, 0) is 12.5 Å². The monoisotopic (exact) mass is 210 g/mol. The molecule has 1 heterocycles. The Hall–Kier alpha value is -0.440. The van der Waals surface area contributed by atoms with E-state index in [2.05, 4.69) is 31.9 Å². The fourth-order valence-corrected chi connectivity index (χ4v) is 2.62. The van der Waals surface area contributed by atoms with Gasteiger partial charge in [-0.3, -0.25) is 4.68 Å². The summed E-state index contributed by atoms with van der Waals surface area (Å²) in [5.74, 6) is 0. The van der Waals surface area contributed by atoms with Crippen LogP contribution in [0.4, 0.5) is 0 Å². The van der Waals surface area contributed by atoms with Crippen LogP contribution in [0.25, 0.3) is 0 Å². The van der Waals surface area contributed by atoms with Crippen LogP contribution in [0.1, 0.15) is 39.3 Å². The third-order valence-corrected chi connectivity index (χ3v) is 3.68. The van der Waals surface area contributed by atoms with E-state index in [9.17, 15) is 0 Å². The van der Waals surface area contributed by atoms with Crippen LogP contribution < -0.4 is 0 Å². The molecule has 0 aromatic carbocycles. The van der Waals surface area contributed by atoms with Crippen molar-refractivity contribution < 1.29 is 0 Å². The maximum absolute atomic E-state index is 4.54. The summed E-state index contributed by atoms with van der Waals surface area (Å²) in [6.07, 6.45) is 2.73. The van der Waals surface area contributed by atoms with E-state index in [-0.39, 0.29) is 5.41 Å². The minimum Gasteiger partial charge on any atom is -0.271 e. The Kier molecular flexibility index (Phi) is 2.38. The summed E-state index contributed by atoms with van der Waals surface area (Å²) in [4.78, 5) is 0. The highest BCUT2D eigenvalue weighted by Gasteiger charge is 2.26.